The standard InChI is InChI=1S/C25H24N4O3/c30-23(11-6-14-29-18-28-22-10-5-4-9-21(22)25(29)31)27-16-20-12-13-26-24(15-20)32-17-19-7-2-1-3-8-19/h1-5,7-10,12-13,15,18H,6,11,14,16-17H2,(H,27,30). The van der Waals surface area contributed by atoms with Gasteiger partial charge in [-0.25, -0.2) is 9.97 Å². The van der Waals surface area contributed by atoms with Crippen LogP contribution in [0.15, 0.2) is 84.0 Å². The highest BCUT2D eigenvalue weighted by atomic mass is 16.5. The van der Waals surface area contributed by atoms with Gasteiger partial charge in [-0.2, -0.15) is 0 Å². The number of hydrogen-bond acceptors (Lipinski definition) is 5. The number of para-hydroxylation sites is 1. The third kappa shape index (κ3) is 5.57. The predicted molar refractivity (Wildman–Crippen MR) is 122 cm³/mol. The van der Waals surface area contributed by atoms with Crippen molar-refractivity contribution < 1.29 is 9.53 Å². The molecule has 0 radical (unpaired) electrons. The molecule has 0 saturated heterocycles. The Labute approximate surface area is 185 Å². The molecule has 0 unspecified atom stereocenters. The van der Waals surface area contributed by atoms with E-state index in [2.05, 4.69) is 15.3 Å². The second-order valence-electron chi connectivity index (χ2n) is 7.42. The van der Waals surface area contributed by atoms with E-state index >= 15 is 0 Å². The number of fused-ring (bicyclic) bond motifs is 1. The van der Waals surface area contributed by atoms with Gasteiger partial charge < -0.3 is 10.1 Å². The van der Waals surface area contributed by atoms with Crippen LogP contribution in [0.5, 0.6) is 5.88 Å². The Bertz CT molecular complexity index is 1250. The molecule has 0 aliphatic carbocycles. The van der Waals surface area contributed by atoms with Crippen LogP contribution < -0.4 is 15.6 Å². The Hall–Kier alpha value is -4.00. The maximum atomic E-state index is 12.5. The van der Waals surface area contributed by atoms with Gasteiger partial charge in [0.2, 0.25) is 11.8 Å². The van der Waals surface area contributed by atoms with Crippen molar-refractivity contribution in [2.24, 2.45) is 0 Å². The molecule has 2 heterocycles. The van der Waals surface area contributed by atoms with E-state index in [1.165, 1.54) is 6.33 Å². The number of carbonyl (C=O) groups is 1. The summed E-state index contributed by atoms with van der Waals surface area (Å²) in [6, 6.07) is 20.8. The number of aryl methyl sites for hydroxylation is 1. The van der Waals surface area contributed by atoms with E-state index in [-0.39, 0.29) is 11.5 Å². The van der Waals surface area contributed by atoms with E-state index in [4.69, 9.17) is 4.74 Å². The quantitative estimate of drug-likeness (QED) is 0.441. The molecule has 4 rings (SSSR count). The molecule has 1 N–H and O–H groups in total. The minimum Gasteiger partial charge on any atom is -0.473 e. The van der Waals surface area contributed by atoms with E-state index in [9.17, 15) is 9.59 Å². The van der Waals surface area contributed by atoms with Crippen molar-refractivity contribution in [3.8, 4) is 5.88 Å². The Morgan fingerprint density at radius 3 is 2.66 bits per heavy atom. The van der Waals surface area contributed by atoms with Crippen molar-refractivity contribution in [2.45, 2.75) is 32.5 Å². The fraction of sp³-hybridized carbons (Fsp3) is 0.200. The molecular formula is C25H24N4O3. The lowest BCUT2D eigenvalue weighted by molar-refractivity contribution is -0.121. The molecule has 0 saturated carbocycles. The zero-order valence-corrected chi connectivity index (χ0v) is 17.6. The Balaban J connectivity index is 1.24. The minimum atomic E-state index is -0.0872. The molecule has 0 aliphatic heterocycles. The van der Waals surface area contributed by atoms with Crippen molar-refractivity contribution in [2.75, 3.05) is 0 Å². The summed E-state index contributed by atoms with van der Waals surface area (Å²) in [7, 11) is 0. The molecule has 0 spiro atoms. The van der Waals surface area contributed by atoms with Crippen LogP contribution in [0.4, 0.5) is 0 Å². The third-order valence-corrected chi connectivity index (χ3v) is 5.05. The summed E-state index contributed by atoms with van der Waals surface area (Å²) in [5.74, 6) is 0.444. The van der Waals surface area contributed by atoms with Gasteiger partial charge in [-0.3, -0.25) is 14.2 Å². The molecule has 32 heavy (non-hydrogen) atoms. The van der Waals surface area contributed by atoms with Gasteiger partial charge in [0.25, 0.3) is 5.56 Å². The maximum absolute atomic E-state index is 12.5. The second-order valence-corrected chi connectivity index (χ2v) is 7.42. The Morgan fingerprint density at radius 1 is 0.969 bits per heavy atom. The number of carbonyl (C=O) groups excluding carboxylic acids is 1. The number of rotatable bonds is 9. The van der Waals surface area contributed by atoms with Crippen LogP contribution in [0.1, 0.15) is 24.0 Å². The number of nitrogens with zero attached hydrogens (tertiary/aromatic N) is 3. The molecular weight excluding hydrogens is 404 g/mol. The Morgan fingerprint density at radius 2 is 1.78 bits per heavy atom. The fourth-order valence-corrected chi connectivity index (χ4v) is 3.34. The van der Waals surface area contributed by atoms with E-state index < -0.39 is 0 Å². The molecule has 2 aromatic heterocycles. The molecule has 0 bridgehead atoms. The molecule has 2 aromatic carbocycles. The first-order valence-electron chi connectivity index (χ1n) is 10.5. The number of aromatic nitrogens is 3. The van der Waals surface area contributed by atoms with Gasteiger partial charge in [-0.05, 0) is 35.7 Å². The summed E-state index contributed by atoms with van der Waals surface area (Å²) in [5.41, 5.74) is 2.56. The monoisotopic (exact) mass is 428 g/mol. The second kappa shape index (κ2) is 10.3. The van der Waals surface area contributed by atoms with Crippen LogP contribution in [0.2, 0.25) is 0 Å². The molecule has 0 fully saturated rings. The first-order chi connectivity index (χ1) is 15.7. The Kier molecular flexibility index (Phi) is 6.87. The average Bonchev–Trinajstić information content (AvgIpc) is 2.84. The van der Waals surface area contributed by atoms with Gasteiger partial charge >= 0.3 is 0 Å². The summed E-state index contributed by atoms with van der Waals surface area (Å²) < 4.78 is 7.28. The van der Waals surface area contributed by atoms with Crippen LogP contribution in [-0.4, -0.2) is 20.4 Å². The average molecular weight is 428 g/mol. The molecule has 0 atom stereocenters. The lowest BCUT2D eigenvalue weighted by atomic mass is 10.2. The number of ether oxygens (including phenoxy) is 1. The van der Waals surface area contributed by atoms with Gasteiger partial charge in [0, 0.05) is 31.8 Å². The van der Waals surface area contributed by atoms with Gasteiger partial charge in [0.05, 0.1) is 17.2 Å². The largest absolute Gasteiger partial charge is 0.473 e. The highest BCUT2D eigenvalue weighted by molar-refractivity contribution is 5.77. The van der Waals surface area contributed by atoms with Crippen molar-refractivity contribution in [3.05, 3.63) is 101 Å². The summed E-state index contributed by atoms with van der Waals surface area (Å²) in [5, 5.41) is 3.49. The van der Waals surface area contributed by atoms with Crippen LogP contribution >= 0.6 is 0 Å². The first-order valence-corrected chi connectivity index (χ1v) is 10.5. The molecule has 4 aromatic rings. The predicted octanol–water partition coefficient (Wildman–Crippen LogP) is 3.47. The number of amides is 1. The van der Waals surface area contributed by atoms with Gasteiger partial charge in [-0.1, -0.05) is 42.5 Å². The van der Waals surface area contributed by atoms with Crippen molar-refractivity contribution in [1.82, 2.24) is 19.9 Å². The summed E-state index contributed by atoms with van der Waals surface area (Å²) in [4.78, 5) is 33.3. The van der Waals surface area contributed by atoms with Crippen LogP contribution in [-0.2, 0) is 24.5 Å². The van der Waals surface area contributed by atoms with Gasteiger partial charge in [-0.15, -0.1) is 0 Å². The summed E-state index contributed by atoms with van der Waals surface area (Å²) in [6.07, 6.45) is 4.08. The molecule has 7 nitrogen and oxygen atoms in total. The van der Waals surface area contributed by atoms with Crippen LogP contribution in [0.3, 0.4) is 0 Å². The molecule has 0 aliphatic rings. The highest BCUT2D eigenvalue weighted by Crippen LogP contribution is 2.12. The number of hydrogen-bond donors (Lipinski definition) is 1. The molecule has 7 heteroatoms. The normalized spacial score (nSPS) is 10.8. The lowest BCUT2D eigenvalue weighted by Gasteiger charge is -2.09. The third-order valence-electron chi connectivity index (χ3n) is 5.05. The van der Waals surface area contributed by atoms with Crippen molar-refractivity contribution in [1.29, 1.82) is 0 Å². The van der Waals surface area contributed by atoms with Gasteiger partial charge in [0.15, 0.2) is 0 Å². The number of nitrogens with one attached hydrogen (secondary N) is 1. The smallest absolute Gasteiger partial charge is 0.261 e. The van der Waals surface area contributed by atoms with E-state index in [1.54, 1.807) is 16.8 Å². The van der Waals surface area contributed by atoms with E-state index in [0.29, 0.717) is 49.3 Å². The molecule has 162 valence electrons. The zero-order chi connectivity index (χ0) is 22.2. The van der Waals surface area contributed by atoms with Crippen LogP contribution in [0, 0.1) is 0 Å². The molecule has 1 amide bonds. The zero-order valence-electron chi connectivity index (χ0n) is 17.6. The topological polar surface area (TPSA) is 86.1 Å². The van der Waals surface area contributed by atoms with E-state index in [1.807, 2.05) is 60.7 Å². The van der Waals surface area contributed by atoms with E-state index in [0.717, 1.165) is 11.1 Å². The van der Waals surface area contributed by atoms with Crippen molar-refractivity contribution >= 4 is 16.8 Å². The fourth-order valence-electron chi connectivity index (χ4n) is 3.34. The van der Waals surface area contributed by atoms with Gasteiger partial charge in [0.1, 0.15) is 6.61 Å². The summed E-state index contributed by atoms with van der Waals surface area (Å²) >= 11 is 0. The lowest BCUT2D eigenvalue weighted by Crippen LogP contribution is -2.24. The van der Waals surface area contributed by atoms with Crippen LogP contribution in [0.25, 0.3) is 10.9 Å². The summed E-state index contributed by atoms with van der Waals surface area (Å²) in [6.45, 7) is 1.27. The minimum absolute atomic E-state index is 0.0737. The highest BCUT2D eigenvalue weighted by Gasteiger charge is 2.06. The number of benzene rings is 2. The number of pyridine rings is 1. The first kappa shape index (κ1) is 21.2. The van der Waals surface area contributed by atoms with Crippen molar-refractivity contribution in [3.63, 3.8) is 0 Å². The maximum Gasteiger partial charge on any atom is 0.261 e. The SMILES string of the molecule is O=C(CCCn1cnc2ccccc2c1=O)NCc1ccnc(OCc2ccccc2)c1.